The predicted octanol–water partition coefficient (Wildman–Crippen LogP) is 2.93. The average Bonchev–Trinajstić information content (AvgIpc) is 2.29. The van der Waals surface area contributed by atoms with Gasteiger partial charge in [0.2, 0.25) is 0 Å². The molecule has 0 amide bonds. The molecule has 17 heavy (non-hydrogen) atoms. The maximum Gasteiger partial charge on any atom is 0.270 e. The van der Waals surface area contributed by atoms with Crippen molar-refractivity contribution in [2.24, 2.45) is 0 Å². The van der Waals surface area contributed by atoms with Gasteiger partial charge in [0.05, 0.1) is 10.5 Å². The first-order chi connectivity index (χ1) is 8.08. The number of non-ortho nitro benzene ring substituents is 1. The molecule has 1 unspecified atom stereocenters. The van der Waals surface area contributed by atoms with Gasteiger partial charge in [0.1, 0.15) is 5.75 Å². The van der Waals surface area contributed by atoms with Gasteiger partial charge in [0.15, 0.2) is 11.8 Å². The summed E-state index contributed by atoms with van der Waals surface area (Å²) in [6, 6.07) is 3.74. The summed E-state index contributed by atoms with van der Waals surface area (Å²) in [5.41, 5.74) is -0.800. The number of rotatable bonds is 5. The van der Waals surface area contributed by atoms with Crippen LogP contribution in [0.15, 0.2) is 30.4 Å². The maximum atomic E-state index is 10.8. The minimum Gasteiger partial charge on any atom is -0.470 e. The van der Waals surface area contributed by atoms with Gasteiger partial charge >= 0.3 is 0 Å². The third-order valence-corrected chi connectivity index (χ3v) is 2.15. The van der Waals surface area contributed by atoms with Gasteiger partial charge in [-0.1, -0.05) is 17.7 Å². The fourth-order valence-electron chi connectivity index (χ4n) is 1.16. The van der Waals surface area contributed by atoms with E-state index in [0.29, 0.717) is 6.29 Å². The Hall–Kier alpha value is -1.88. The van der Waals surface area contributed by atoms with E-state index in [2.05, 4.69) is 0 Å². The van der Waals surface area contributed by atoms with Gasteiger partial charge in [0.25, 0.3) is 5.69 Å². The Morgan fingerprint density at radius 2 is 2.24 bits per heavy atom. The zero-order valence-corrected chi connectivity index (χ0v) is 9.76. The Morgan fingerprint density at radius 3 is 2.76 bits per heavy atom. The minimum absolute atomic E-state index is 0.0920. The van der Waals surface area contributed by atoms with Gasteiger partial charge in [0, 0.05) is 12.1 Å². The third-order valence-electron chi connectivity index (χ3n) is 1.91. The molecule has 0 radical (unpaired) electrons. The van der Waals surface area contributed by atoms with E-state index in [4.69, 9.17) is 16.3 Å². The molecule has 6 heteroatoms. The number of aldehydes is 1. The standard InChI is InChI=1S/C11H10ClNO4/c1-2-3-11(12)17-10-5-4-9(13(15)16)6-8(10)7-14/h2-7,11H,1H3/b3-2+. The van der Waals surface area contributed by atoms with Crippen LogP contribution in [0.3, 0.4) is 0 Å². The van der Waals surface area contributed by atoms with E-state index in [1.807, 2.05) is 0 Å². The zero-order valence-electron chi connectivity index (χ0n) is 9.00. The summed E-state index contributed by atoms with van der Waals surface area (Å²) in [7, 11) is 0. The van der Waals surface area contributed by atoms with Crippen LogP contribution >= 0.6 is 11.6 Å². The zero-order chi connectivity index (χ0) is 12.8. The van der Waals surface area contributed by atoms with Crippen LogP contribution in [0.1, 0.15) is 17.3 Å². The Bertz CT molecular complexity index is 459. The van der Waals surface area contributed by atoms with Crippen LogP contribution in [0.5, 0.6) is 5.75 Å². The molecule has 0 saturated heterocycles. The number of benzene rings is 1. The van der Waals surface area contributed by atoms with E-state index in [1.165, 1.54) is 12.1 Å². The second kappa shape index (κ2) is 6.00. The van der Waals surface area contributed by atoms with Gasteiger partial charge in [-0.15, -0.1) is 0 Å². The topological polar surface area (TPSA) is 69.4 Å². The molecule has 5 nitrogen and oxygen atoms in total. The number of carbonyl (C=O) groups is 1. The van der Waals surface area contributed by atoms with E-state index in [0.717, 1.165) is 6.07 Å². The van der Waals surface area contributed by atoms with Crippen molar-refractivity contribution in [1.29, 1.82) is 0 Å². The van der Waals surface area contributed by atoms with Crippen molar-refractivity contribution in [3.63, 3.8) is 0 Å². The summed E-state index contributed by atoms with van der Waals surface area (Å²) in [6.45, 7) is 1.77. The lowest BCUT2D eigenvalue weighted by molar-refractivity contribution is -0.384. The van der Waals surface area contributed by atoms with Crippen molar-refractivity contribution in [3.8, 4) is 5.75 Å². The van der Waals surface area contributed by atoms with Crippen LogP contribution in [-0.2, 0) is 0 Å². The molecule has 1 rings (SSSR count). The van der Waals surface area contributed by atoms with Crippen molar-refractivity contribution in [2.75, 3.05) is 0 Å². The average molecular weight is 256 g/mol. The molecule has 0 saturated carbocycles. The molecule has 1 aromatic carbocycles. The predicted molar refractivity (Wildman–Crippen MR) is 63.6 cm³/mol. The van der Waals surface area contributed by atoms with Gasteiger partial charge in [-0.05, 0) is 19.1 Å². The molecule has 0 aliphatic rings. The number of nitro benzene ring substituents is 1. The molecule has 1 atom stereocenters. The largest absolute Gasteiger partial charge is 0.470 e. The molecule has 0 heterocycles. The number of carbonyl (C=O) groups excluding carboxylic acids is 1. The Balaban J connectivity index is 3.00. The number of alkyl halides is 1. The highest BCUT2D eigenvalue weighted by Gasteiger charge is 2.12. The summed E-state index contributed by atoms with van der Waals surface area (Å²) in [6.07, 6.45) is 3.77. The highest BCUT2D eigenvalue weighted by molar-refractivity contribution is 6.21. The van der Waals surface area contributed by atoms with Crippen LogP contribution in [0.2, 0.25) is 0 Å². The number of allylic oxidation sites excluding steroid dienone is 1. The van der Waals surface area contributed by atoms with Crippen LogP contribution < -0.4 is 4.74 Å². The monoisotopic (exact) mass is 255 g/mol. The van der Waals surface area contributed by atoms with Crippen molar-refractivity contribution in [3.05, 3.63) is 46.0 Å². The first kappa shape index (κ1) is 13.2. The molecule has 0 aliphatic heterocycles. The number of ether oxygens (including phenoxy) is 1. The van der Waals surface area contributed by atoms with Gasteiger partial charge in [-0.2, -0.15) is 0 Å². The Kier molecular flexibility index (Phi) is 4.66. The van der Waals surface area contributed by atoms with Crippen LogP contribution in [0.25, 0.3) is 0 Å². The maximum absolute atomic E-state index is 10.8. The summed E-state index contributed by atoms with van der Waals surface area (Å²) in [5.74, 6) is 0.212. The van der Waals surface area contributed by atoms with Gasteiger partial charge < -0.3 is 4.74 Å². The summed E-state index contributed by atoms with van der Waals surface area (Å²) in [4.78, 5) is 20.7. The minimum atomic E-state index is -0.722. The smallest absolute Gasteiger partial charge is 0.270 e. The highest BCUT2D eigenvalue weighted by Crippen LogP contribution is 2.24. The lowest BCUT2D eigenvalue weighted by atomic mass is 10.2. The lowest BCUT2D eigenvalue weighted by Gasteiger charge is -2.10. The summed E-state index contributed by atoms with van der Waals surface area (Å²) in [5, 5.41) is 10.5. The van der Waals surface area contributed by atoms with Crippen molar-refractivity contribution >= 4 is 23.6 Å². The van der Waals surface area contributed by atoms with Gasteiger partial charge in [-0.25, -0.2) is 0 Å². The van der Waals surface area contributed by atoms with E-state index >= 15 is 0 Å². The molecule has 0 aromatic heterocycles. The van der Waals surface area contributed by atoms with Crippen molar-refractivity contribution in [1.82, 2.24) is 0 Å². The molecule has 90 valence electrons. The van der Waals surface area contributed by atoms with Gasteiger partial charge in [-0.3, -0.25) is 14.9 Å². The second-order valence-electron chi connectivity index (χ2n) is 3.09. The Morgan fingerprint density at radius 1 is 1.53 bits per heavy atom. The number of hydrogen-bond donors (Lipinski definition) is 0. The van der Waals surface area contributed by atoms with Crippen LogP contribution in [0, 0.1) is 10.1 Å². The summed E-state index contributed by atoms with van der Waals surface area (Å²) >= 11 is 5.79. The molecule has 1 aromatic rings. The van der Waals surface area contributed by atoms with E-state index in [9.17, 15) is 14.9 Å². The van der Waals surface area contributed by atoms with Crippen molar-refractivity contribution < 1.29 is 14.5 Å². The molecular weight excluding hydrogens is 246 g/mol. The van der Waals surface area contributed by atoms with E-state index in [-0.39, 0.29) is 17.0 Å². The van der Waals surface area contributed by atoms with Crippen LogP contribution in [-0.4, -0.2) is 16.8 Å². The number of halogens is 1. The molecular formula is C11H10ClNO4. The quantitative estimate of drug-likeness (QED) is 0.267. The summed E-state index contributed by atoms with van der Waals surface area (Å²) < 4.78 is 5.24. The molecule has 0 fully saturated rings. The SMILES string of the molecule is C/C=C/C(Cl)Oc1ccc([N+](=O)[O-])cc1C=O. The van der Waals surface area contributed by atoms with E-state index in [1.54, 1.807) is 19.1 Å². The lowest BCUT2D eigenvalue weighted by Crippen LogP contribution is -2.06. The fraction of sp³-hybridized carbons (Fsp3) is 0.182. The first-order valence-corrected chi connectivity index (χ1v) is 5.19. The Labute approximate surface area is 103 Å². The number of hydrogen-bond acceptors (Lipinski definition) is 4. The molecule has 0 bridgehead atoms. The van der Waals surface area contributed by atoms with E-state index < -0.39 is 10.5 Å². The second-order valence-corrected chi connectivity index (χ2v) is 3.52. The molecule has 0 spiro atoms. The first-order valence-electron chi connectivity index (χ1n) is 4.75. The third kappa shape index (κ3) is 3.57. The highest BCUT2D eigenvalue weighted by atomic mass is 35.5. The number of nitro groups is 1. The molecule has 0 N–H and O–H groups in total. The normalized spacial score (nSPS) is 12.4. The van der Waals surface area contributed by atoms with Crippen LogP contribution in [0.4, 0.5) is 5.69 Å². The fourth-order valence-corrected chi connectivity index (χ4v) is 1.40. The molecule has 0 aliphatic carbocycles. The number of nitrogens with zero attached hydrogens (tertiary/aromatic N) is 1. The van der Waals surface area contributed by atoms with Crippen molar-refractivity contribution in [2.45, 2.75) is 12.5 Å².